The highest BCUT2D eigenvalue weighted by molar-refractivity contribution is 5.73. The third kappa shape index (κ3) is 3.37. The van der Waals surface area contributed by atoms with E-state index in [0.717, 1.165) is 11.4 Å². The number of primary amides is 1. The fourth-order valence-corrected chi connectivity index (χ4v) is 1.75. The molecule has 1 aromatic carbocycles. The fourth-order valence-electron chi connectivity index (χ4n) is 1.75. The van der Waals surface area contributed by atoms with Crippen molar-refractivity contribution in [3.05, 3.63) is 24.3 Å². The molecule has 0 unspecified atom stereocenters. The fraction of sp³-hybridized carbons (Fsp3) is 0.462. The van der Waals surface area contributed by atoms with Gasteiger partial charge in [-0.05, 0) is 31.4 Å². The molecule has 1 amide bonds. The molecule has 2 rings (SSSR count). The number of nitrogens with one attached hydrogen (secondary N) is 1. The van der Waals surface area contributed by atoms with Crippen LogP contribution < -0.4 is 15.8 Å². The molecule has 0 aromatic heterocycles. The van der Waals surface area contributed by atoms with Crippen LogP contribution in [0, 0.1) is 0 Å². The molecule has 0 atom stereocenters. The van der Waals surface area contributed by atoms with Crippen LogP contribution in [0.5, 0.6) is 5.75 Å². The molecule has 1 fully saturated rings. The number of amides is 1. The molecule has 1 aliphatic carbocycles. The molecule has 1 aliphatic rings. The lowest BCUT2D eigenvalue weighted by Gasteiger charge is -2.28. The summed E-state index contributed by atoms with van der Waals surface area (Å²) in [5.41, 5.74) is 6.07. The highest BCUT2D eigenvalue weighted by Gasteiger charge is 2.18. The molecule has 0 radical (unpaired) electrons. The Balaban J connectivity index is 1.92. The van der Waals surface area contributed by atoms with Gasteiger partial charge in [0.25, 0.3) is 0 Å². The van der Waals surface area contributed by atoms with Crippen molar-refractivity contribution < 1.29 is 9.53 Å². The molecule has 1 saturated carbocycles. The predicted molar refractivity (Wildman–Crippen MR) is 67.0 cm³/mol. The highest BCUT2D eigenvalue weighted by atomic mass is 16.5. The van der Waals surface area contributed by atoms with E-state index in [1.54, 1.807) is 0 Å². The number of para-hydroxylation sites is 2. The average molecular weight is 234 g/mol. The van der Waals surface area contributed by atoms with Crippen molar-refractivity contribution in [1.29, 1.82) is 0 Å². The van der Waals surface area contributed by atoms with Crippen LogP contribution in [0.25, 0.3) is 0 Å². The molecule has 4 heteroatoms. The van der Waals surface area contributed by atoms with Crippen LogP contribution in [-0.2, 0) is 4.79 Å². The van der Waals surface area contributed by atoms with Gasteiger partial charge in [-0.25, -0.2) is 0 Å². The first-order valence-corrected chi connectivity index (χ1v) is 6.02. The lowest BCUT2D eigenvalue weighted by atomic mass is 9.93. The quantitative estimate of drug-likeness (QED) is 0.790. The maximum Gasteiger partial charge on any atom is 0.220 e. The van der Waals surface area contributed by atoms with Gasteiger partial charge in [-0.15, -0.1) is 0 Å². The Kier molecular flexibility index (Phi) is 3.85. The van der Waals surface area contributed by atoms with Gasteiger partial charge >= 0.3 is 0 Å². The molecule has 0 saturated heterocycles. The zero-order chi connectivity index (χ0) is 12.1. The lowest BCUT2D eigenvalue weighted by molar-refractivity contribution is -0.118. The van der Waals surface area contributed by atoms with Crippen molar-refractivity contribution in [2.24, 2.45) is 5.73 Å². The van der Waals surface area contributed by atoms with E-state index in [2.05, 4.69) is 5.32 Å². The summed E-state index contributed by atoms with van der Waals surface area (Å²) in [7, 11) is 0. The predicted octanol–water partition coefficient (Wildman–Crippen LogP) is 1.91. The summed E-state index contributed by atoms with van der Waals surface area (Å²) < 4.78 is 5.55. The largest absolute Gasteiger partial charge is 0.491 e. The zero-order valence-electron chi connectivity index (χ0n) is 9.82. The number of carbonyl (C=O) groups excluding carboxylic acids is 1. The molecule has 92 valence electrons. The van der Waals surface area contributed by atoms with Crippen molar-refractivity contribution in [1.82, 2.24) is 0 Å². The van der Waals surface area contributed by atoms with Gasteiger partial charge < -0.3 is 15.8 Å². The smallest absolute Gasteiger partial charge is 0.220 e. The van der Waals surface area contributed by atoms with E-state index in [1.807, 2.05) is 24.3 Å². The van der Waals surface area contributed by atoms with Crippen LogP contribution >= 0.6 is 0 Å². The van der Waals surface area contributed by atoms with Gasteiger partial charge in [-0.3, -0.25) is 4.79 Å². The SMILES string of the molecule is NC(=O)CCOc1ccccc1NC1CCC1. The molecule has 3 N–H and O–H groups in total. The molecule has 4 nitrogen and oxygen atoms in total. The van der Waals surface area contributed by atoms with E-state index in [4.69, 9.17) is 10.5 Å². The van der Waals surface area contributed by atoms with E-state index in [9.17, 15) is 4.79 Å². The van der Waals surface area contributed by atoms with Gasteiger partial charge in [0.15, 0.2) is 0 Å². The Morgan fingerprint density at radius 2 is 2.18 bits per heavy atom. The van der Waals surface area contributed by atoms with Crippen molar-refractivity contribution in [3.8, 4) is 5.75 Å². The van der Waals surface area contributed by atoms with E-state index in [1.165, 1.54) is 19.3 Å². The van der Waals surface area contributed by atoms with E-state index >= 15 is 0 Å². The molecular weight excluding hydrogens is 216 g/mol. The first kappa shape index (κ1) is 11.8. The summed E-state index contributed by atoms with van der Waals surface area (Å²) in [6, 6.07) is 8.36. The Morgan fingerprint density at radius 3 is 2.82 bits per heavy atom. The third-order valence-corrected chi connectivity index (χ3v) is 2.96. The van der Waals surface area contributed by atoms with E-state index in [-0.39, 0.29) is 12.3 Å². The van der Waals surface area contributed by atoms with Crippen LogP contribution in [0.4, 0.5) is 5.69 Å². The molecule has 1 aromatic rings. The van der Waals surface area contributed by atoms with Crippen molar-refractivity contribution in [2.75, 3.05) is 11.9 Å². The Hall–Kier alpha value is -1.71. The minimum atomic E-state index is -0.338. The number of rotatable bonds is 6. The third-order valence-electron chi connectivity index (χ3n) is 2.96. The first-order valence-electron chi connectivity index (χ1n) is 6.02. The highest BCUT2D eigenvalue weighted by Crippen LogP contribution is 2.29. The molecule has 17 heavy (non-hydrogen) atoms. The summed E-state index contributed by atoms with van der Waals surface area (Å²) in [6.45, 7) is 0.332. The standard InChI is InChI=1S/C13H18N2O2/c14-13(16)8-9-17-12-7-2-1-6-11(12)15-10-4-3-5-10/h1-2,6-7,10,15H,3-5,8-9H2,(H2,14,16). The number of ether oxygens (including phenoxy) is 1. The van der Waals surface area contributed by atoms with Crippen molar-refractivity contribution >= 4 is 11.6 Å². The summed E-state index contributed by atoms with van der Waals surface area (Å²) in [5.74, 6) is 0.454. The Labute approximate surface area is 101 Å². The van der Waals surface area contributed by atoms with Gasteiger partial charge in [0.05, 0.1) is 18.7 Å². The van der Waals surface area contributed by atoms with Crippen LogP contribution in [0.15, 0.2) is 24.3 Å². The van der Waals surface area contributed by atoms with Gasteiger partial charge in [0.2, 0.25) is 5.91 Å². The molecule has 0 spiro atoms. The number of benzene rings is 1. The first-order chi connectivity index (χ1) is 8.25. The van der Waals surface area contributed by atoms with Crippen molar-refractivity contribution in [3.63, 3.8) is 0 Å². The second kappa shape index (κ2) is 5.57. The van der Waals surface area contributed by atoms with Crippen LogP contribution in [-0.4, -0.2) is 18.6 Å². The number of nitrogens with two attached hydrogens (primary N) is 1. The molecule has 0 aliphatic heterocycles. The van der Waals surface area contributed by atoms with E-state index in [0.29, 0.717) is 12.6 Å². The Morgan fingerprint density at radius 1 is 1.41 bits per heavy atom. The van der Waals surface area contributed by atoms with Gasteiger partial charge in [-0.1, -0.05) is 12.1 Å². The minimum absolute atomic E-state index is 0.248. The average Bonchev–Trinajstić information content (AvgIpc) is 2.25. The molecule has 0 bridgehead atoms. The number of hydrogen-bond donors (Lipinski definition) is 2. The molecule has 0 heterocycles. The number of carbonyl (C=O) groups is 1. The summed E-state index contributed by atoms with van der Waals surface area (Å²) >= 11 is 0. The summed E-state index contributed by atoms with van der Waals surface area (Å²) in [4.78, 5) is 10.6. The summed E-state index contributed by atoms with van der Waals surface area (Å²) in [5, 5.41) is 3.44. The van der Waals surface area contributed by atoms with Gasteiger partial charge in [-0.2, -0.15) is 0 Å². The summed E-state index contributed by atoms with van der Waals surface area (Å²) in [6.07, 6.45) is 3.98. The minimum Gasteiger partial charge on any atom is -0.491 e. The topological polar surface area (TPSA) is 64.4 Å². The van der Waals surface area contributed by atoms with Gasteiger partial charge in [0, 0.05) is 6.04 Å². The van der Waals surface area contributed by atoms with Crippen LogP contribution in [0.1, 0.15) is 25.7 Å². The zero-order valence-corrected chi connectivity index (χ0v) is 9.82. The number of anilines is 1. The maximum atomic E-state index is 10.6. The number of hydrogen-bond acceptors (Lipinski definition) is 3. The second-order valence-corrected chi connectivity index (χ2v) is 4.33. The van der Waals surface area contributed by atoms with Crippen molar-refractivity contribution in [2.45, 2.75) is 31.7 Å². The Bertz CT molecular complexity index is 389. The normalized spacial score (nSPS) is 15.1. The van der Waals surface area contributed by atoms with Crippen LogP contribution in [0.3, 0.4) is 0 Å². The van der Waals surface area contributed by atoms with Crippen LogP contribution in [0.2, 0.25) is 0 Å². The lowest BCUT2D eigenvalue weighted by Crippen LogP contribution is -2.27. The van der Waals surface area contributed by atoms with Gasteiger partial charge in [0.1, 0.15) is 5.75 Å². The second-order valence-electron chi connectivity index (χ2n) is 4.33. The van der Waals surface area contributed by atoms with E-state index < -0.39 is 0 Å². The molecular formula is C13H18N2O2. The maximum absolute atomic E-state index is 10.6. The monoisotopic (exact) mass is 234 g/mol.